The molecule has 1 aromatic carbocycles. The number of benzene rings is 1. The van der Waals surface area contributed by atoms with Gasteiger partial charge in [-0.3, -0.25) is 0 Å². The number of hydrogen-bond acceptors (Lipinski definition) is 3. The van der Waals surface area contributed by atoms with Crippen molar-refractivity contribution in [2.75, 3.05) is 18.0 Å². The van der Waals surface area contributed by atoms with Gasteiger partial charge in [0, 0.05) is 18.7 Å². The summed E-state index contributed by atoms with van der Waals surface area (Å²) in [5.74, 6) is 0.847. The lowest BCUT2D eigenvalue weighted by Gasteiger charge is -2.21. The largest absolute Gasteiger partial charge is 0.343 e. The van der Waals surface area contributed by atoms with E-state index in [0.29, 0.717) is 4.64 Å². The van der Waals surface area contributed by atoms with Crippen LogP contribution in [0.3, 0.4) is 0 Å². The summed E-state index contributed by atoms with van der Waals surface area (Å²) in [4.78, 5) is 10.1. The fourth-order valence-corrected chi connectivity index (χ4v) is 2.28. The molecule has 0 fully saturated rings. The average Bonchev–Trinajstić information content (AvgIpc) is 2.44. The van der Waals surface area contributed by atoms with Crippen molar-refractivity contribution in [3.63, 3.8) is 0 Å². The first-order valence-corrected chi connectivity index (χ1v) is 6.99. The van der Waals surface area contributed by atoms with Gasteiger partial charge < -0.3 is 9.88 Å². The summed E-state index contributed by atoms with van der Waals surface area (Å²) in [6.07, 6.45) is 0. The monoisotopic (exact) mass is 273 g/mol. The second-order valence-electron chi connectivity index (χ2n) is 4.40. The van der Waals surface area contributed by atoms with Crippen LogP contribution < -0.4 is 4.90 Å². The fourth-order valence-electron chi connectivity index (χ4n) is 2.09. The second kappa shape index (κ2) is 5.97. The van der Waals surface area contributed by atoms with Crippen LogP contribution in [0.5, 0.6) is 0 Å². The van der Waals surface area contributed by atoms with E-state index in [2.05, 4.69) is 40.8 Å². The van der Waals surface area contributed by atoms with Crippen molar-refractivity contribution in [1.29, 1.82) is 0 Å². The highest BCUT2D eigenvalue weighted by atomic mass is 32.1. The van der Waals surface area contributed by atoms with Crippen LogP contribution in [0.25, 0.3) is 11.3 Å². The van der Waals surface area contributed by atoms with Crippen molar-refractivity contribution in [2.24, 2.45) is 0 Å². The molecule has 0 amide bonds. The van der Waals surface area contributed by atoms with Crippen LogP contribution in [0.2, 0.25) is 0 Å². The van der Waals surface area contributed by atoms with Crippen molar-refractivity contribution < 1.29 is 0 Å². The van der Waals surface area contributed by atoms with Gasteiger partial charge in [-0.05, 0) is 26.3 Å². The molecule has 2 aromatic rings. The minimum absolute atomic E-state index is 0.666. The molecule has 0 atom stereocenters. The van der Waals surface area contributed by atoms with E-state index in [1.165, 1.54) is 0 Å². The van der Waals surface area contributed by atoms with Gasteiger partial charge in [-0.1, -0.05) is 42.5 Å². The van der Waals surface area contributed by atoms with Crippen LogP contribution in [0.1, 0.15) is 19.4 Å². The highest BCUT2D eigenvalue weighted by Gasteiger charge is 2.10. The number of anilines is 1. The van der Waals surface area contributed by atoms with E-state index in [1.807, 2.05) is 25.1 Å². The van der Waals surface area contributed by atoms with Crippen molar-refractivity contribution in [1.82, 2.24) is 9.97 Å². The standard InChI is InChI=1S/C15H19N3S/c1-4-18(5-2)15-16-13(11(3)14(19)17-15)12-9-7-6-8-10-12/h6-10H,4-5H2,1-3H3,(H,16,17,19). The first kappa shape index (κ1) is 13.7. The van der Waals surface area contributed by atoms with Crippen LogP contribution in [-0.2, 0) is 0 Å². The average molecular weight is 273 g/mol. The lowest BCUT2D eigenvalue weighted by molar-refractivity contribution is 0.818. The quantitative estimate of drug-likeness (QED) is 0.856. The van der Waals surface area contributed by atoms with Crippen molar-refractivity contribution in [3.8, 4) is 11.3 Å². The maximum atomic E-state index is 5.39. The van der Waals surface area contributed by atoms with Gasteiger partial charge in [-0.2, -0.15) is 0 Å². The van der Waals surface area contributed by atoms with Gasteiger partial charge in [0.15, 0.2) is 0 Å². The molecule has 19 heavy (non-hydrogen) atoms. The third-order valence-electron chi connectivity index (χ3n) is 3.27. The maximum Gasteiger partial charge on any atom is 0.204 e. The van der Waals surface area contributed by atoms with E-state index in [0.717, 1.165) is 35.9 Å². The van der Waals surface area contributed by atoms with Crippen molar-refractivity contribution in [2.45, 2.75) is 20.8 Å². The smallest absolute Gasteiger partial charge is 0.204 e. The lowest BCUT2D eigenvalue weighted by Crippen LogP contribution is -2.24. The lowest BCUT2D eigenvalue weighted by atomic mass is 10.1. The Morgan fingerprint density at radius 3 is 2.37 bits per heavy atom. The normalized spacial score (nSPS) is 10.5. The summed E-state index contributed by atoms with van der Waals surface area (Å²) in [6.45, 7) is 8.06. The zero-order valence-corrected chi connectivity index (χ0v) is 12.4. The zero-order valence-electron chi connectivity index (χ0n) is 11.6. The molecule has 3 nitrogen and oxygen atoms in total. The molecule has 4 heteroatoms. The Bertz CT molecular complexity index is 601. The minimum atomic E-state index is 0.666. The summed E-state index contributed by atoms with van der Waals surface area (Å²) >= 11 is 5.39. The van der Waals surface area contributed by atoms with Gasteiger partial charge in [0.05, 0.1) is 5.69 Å². The first-order chi connectivity index (χ1) is 9.17. The van der Waals surface area contributed by atoms with E-state index in [-0.39, 0.29) is 0 Å². The SMILES string of the molecule is CCN(CC)c1nc(=S)c(C)c(-c2ccccc2)[nH]1. The highest BCUT2D eigenvalue weighted by molar-refractivity contribution is 7.71. The molecule has 0 bridgehead atoms. The predicted octanol–water partition coefficient (Wildman–Crippen LogP) is 3.96. The predicted molar refractivity (Wildman–Crippen MR) is 83.2 cm³/mol. The van der Waals surface area contributed by atoms with Gasteiger partial charge in [-0.15, -0.1) is 0 Å². The summed E-state index contributed by atoms with van der Waals surface area (Å²) in [5.41, 5.74) is 3.22. The number of rotatable bonds is 4. The third-order valence-corrected chi connectivity index (χ3v) is 3.66. The molecule has 0 radical (unpaired) electrons. The molecule has 100 valence electrons. The molecule has 2 rings (SSSR count). The number of aromatic nitrogens is 2. The highest BCUT2D eigenvalue weighted by Crippen LogP contribution is 2.23. The molecule has 0 unspecified atom stereocenters. The molecule has 0 saturated heterocycles. The zero-order chi connectivity index (χ0) is 13.8. The van der Waals surface area contributed by atoms with E-state index in [1.54, 1.807) is 0 Å². The Kier molecular flexibility index (Phi) is 4.32. The van der Waals surface area contributed by atoms with Crippen LogP contribution in [0.4, 0.5) is 5.95 Å². The summed E-state index contributed by atoms with van der Waals surface area (Å²) in [5, 5.41) is 0. The third kappa shape index (κ3) is 2.84. The molecular weight excluding hydrogens is 254 g/mol. The van der Waals surface area contributed by atoms with Crippen LogP contribution >= 0.6 is 12.2 Å². The van der Waals surface area contributed by atoms with E-state index >= 15 is 0 Å². The second-order valence-corrected chi connectivity index (χ2v) is 4.79. The number of hydrogen-bond donors (Lipinski definition) is 1. The molecule has 0 aliphatic heterocycles. The summed E-state index contributed by atoms with van der Waals surface area (Å²) in [6, 6.07) is 10.2. The Hall–Kier alpha value is -1.68. The van der Waals surface area contributed by atoms with Gasteiger partial charge >= 0.3 is 0 Å². The number of nitrogens with one attached hydrogen (secondary N) is 1. The van der Waals surface area contributed by atoms with Gasteiger partial charge in [0.2, 0.25) is 5.95 Å². The van der Waals surface area contributed by atoms with Gasteiger partial charge in [0.25, 0.3) is 0 Å². The van der Waals surface area contributed by atoms with E-state index < -0.39 is 0 Å². The number of H-pyrrole nitrogens is 1. The molecule has 1 N–H and O–H groups in total. The van der Waals surface area contributed by atoms with Gasteiger partial charge in [-0.25, -0.2) is 4.98 Å². The molecule has 0 saturated carbocycles. The van der Waals surface area contributed by atoms with Gasteiger partial charge in [0.1, 0.15) is 4.64 Å². The molecule has 0 spiro atoms. The van der Waals surface area contributed by atoms with Crippen LogP contribution in [0, 0.1) is 11.6 Å². The Balaban J connectivity index is 2.58. The Morgan fingerprint density at radius 2 is 1.79 bits per heavy atom. The maximum absolute atomic E-state index is 5.39. The van der Waals surface area contributed by atoms with Crippen LogP contribution in [0.15, 0.2) is 30.3 Å². The summed E-state index contributed by atoms with van der Waals surface area (Å²) in [7, 11) is 0. The molecule has 0 aliphatic carbocycles. The molecule has 1 aromatic heterocycles. The number of aromatic amines is 1. The van der Waals surface area contributed by atoms with Crippen LogP contribution in [-0.4, -0.2) is 23.1 Å². The Labute approximate surface area is 119 Å². The topological polar surface area (TPSA) is 31.9 Å². The van der Waals surface area contributed by atoms with E-state index in [4.69, 9.17) is 12.2 Å². The molecule has 0 aliphatic rings. The first-order valence-electron chi connectivity index (χ1n) is 6.58. The number of nitrogens with zero attached hydrogens (tertiary/aromatic N) is 2. The van der Waals surface area contributed by atoms with Crippen molar-refractivity contribution in [3.05, 3.63) is 40.5 Å². The molecular formula is C15H19N3S. The fraction of sp³-hybridized carbons (Fsp3) is 0.333. The molecule has 1 heterocycles. The van der Waals surface area contributed by atoms with E-state index in [9.17, 15) is 0 Å². The van der Waals surface area contributed by atoms with Crippen molar-refractivity contribution >= 4 is 18.2 Å². The minimum Gasteiger partial charge on any atom is -0.343 e. The Morgan fingerprint density at radius 1 is 1.16 bits per heavy atom. The summed E-state index contributed by atoms with van der Waals surface area (Å²) < 4.78 is 0.666.